The van der Waals surface area contributed by atoms with Gasteiger partial charge in [-0.05, 0) is 30.5 Å². The molecule has 0 aromatic heterocycles. The Morgan fingerprint density at radius 1 is 1.19 bits per heavy atom. The molecule has 1 atom stereocenters. The van der Waals surface area contributed by atoms with Crippen LogP contribution >= 0.6 is 12.4 Å². The molecule has 3 nitrogen and oxygen atoms in total. The van der Waals surface area contributed by atoms with Gasteiger partial charge in [-0.25, -0.2) is 0 Å². The number of aliphatic hydroxyl groups excluding tert-OH is 1. The zero-order valence-corrected chi connectivity index (χ0v) is 14.5. The summed E-state index contributed by atoms with van der Waals surface area (Å²) in [6, 6.07) is 6.99. The first-order chi connectivity index (χ1) is 9.45. The molecular weight excluding hydrogens is 284 g/mol. The van der Waals surface area contributed by atoms with Crippen molar-refractivity contribution in [2.75, 3.05) is 32.8 Å². The van der Waals surface area contributed by atoms with Gasteiger partial charge >= 0.3 is 0 Å². The van der Waals surface area contributed by atoms with Gasteiger partial charge in [0.1, 0.15) is 0 Å². The van der Waals surface area contributed by atoms with Crippen molar-refractivity contribution in [2.24, 2.45) is 5.41 Å². The largest absolute Gasteiger partial charge is 0.396 e. The highest BCUT2D eigenvalue weighted by atomic mass is 35.5. The zero-order chi connectivity index (χ0) is 14.8. The molecule has 1 aromatic carbocycles. The van der Waals surface area contributed by atoms with Crippen LogP contribution in [0.4, 0.5) is 0 Å². The number of nitrogens with zero attached hydrogens (tertiary/aromatic N) is 1. The molecule has 0 radical (unpaired) electrons. The standard InChI is InChI=1S/C17H28N2O.ClH/c1-13-5-6-15(11-14(13)2)16(17(3,4)12-20)19-9-7-18-8-10-19;/h5-6,11,16,18,20H,7-10,12H2,1-4H3;1H/t16-;/m1./s1. The highest BCUT2D eigenvalue weighted by molar-refractivity contribution is 5.85. The van der Waals surface area contributed by atoms with E-state index in [4.69, 9.17) is 0 Å². The van der Waals surface area contributed by atoms with Crippen LogP contribution in [0.3, 0.4) is 0 Å². The lowest BCUT2D eigenvalue weighted by Crippen LogP contribution is -2.49. The number of aryl methyl sites for hydroxylation is 2. The third-order valence-corrected chi connectivity index (χ3v) is 4.51. The fourth-order valence-electron chi connectivity index (χ4n) is 3.12. The highest BCUT2D eigenvalue weighted by Gasteiger charge is 2.35. The average Bonchev–Trinajstić information content (AvgIpc) is 2.44. The molecule has 120 valence electrons. The van der Waals surface area contributed by atoms with Gasteiger partial charge in [-0.3, -0.25) is 4.90 Å². The summed E-state index contributed by atoms with van der Waals surface area (Å²) in [6.45, 7) is 13.0. The van der Waals surface area contributed by atoms with E-state index in [-0.39, 0.29) is 30.5 Å². The Labute approximate surface area is 135 Å². The van der Waals surface area contributed by atoms with E-state index in [1.165, 1.54) is 16.7 Å². The monoisotopic (exact) mass is 312 g/mol. The number of nitrogens with one attached hydrogen (secondary N) is 1. The van der Waals surface area contributed by atoms with E-state index >= 15 is 0 Å². The Hall–Kier alpha value is -0.610. The molecule has 1 saturated heterocycles. The average molecular weight is 313 g/mol. The van der Waals surface area contributed by atoms with Gasteiger partial charge in [0.25, 0.3) is 0 Å². The molecule has 1 fully saturated rings. The number of hydrogen-bond acceptors (Lipinski definition) is 3. The molecule has 0 amide bonds. The molecule has 1 aromatic rings. The molecule has 1 aliphatic rings. The molecule has 4 heteroatoms. The molecule has 0 aliphatic carbocycles. The van der Waals surface area contributed by atoms with Gasteiger partial charge in [0.15, 0.2) is 0 Å². The topological polar surface area (TPSA) is 35.5 Å². The molecule has 1 aliphatic heterocycles. The van der Waals surface area contributed by atoms with Crippen LogP contribution in [-0.4, -0.2) is 42.8 Å². The van der Waals surface area contributed by atoms with Gasteiger partial charge in [-0.2, -0.15) is 0 Å². The Morgan fingerprint density at radius 2 is 1.81 bits per heavy atom. The van der Waals surface area contributed by atoms with Crippen LogP contribution < -0.4 is 5.32 Å². The number of hydrogen-bond donors (Lipinski definition) is 2. The molecule has 0 unspecified atom stereocenters. The molecule has 1 heterocycles. The fraction of sp³-hybridized carbons (Fsp3) is 0.647. The minimum absolute atomic E-state index is 0. The summed E-state index contributed by atoms with van der Waals surface area (Å²) in [7, 11) is 0. The fourth-order valence-corrected chi connectivity index (χ4v) is 3.12. The van der Waals surface area contributed by atoms with Crippen molar-refractivity contribution < 1.29 is 5.11 Å². The summed E-state index contributed by atoms with van der Waals surface area (Å²) in [6.07, 6.45) is 0. The maximum atomic E-state index is 9.84. The van der Waals surface area contributed by atoms with Crippen molar-refractivity contribution in [3.05, 3.63) is 34.9 Å². The maximum absolute atomic E-state index is 9.84. The second kappa shape index (κ2) is 7.59. The Kier molecular flexibility index (Phi) is 6.67. The molecular formula is C17H29ClN2O. The molecule has 0 saturated carbocycles. The van der Waals surface area contributed by atoms with E-state index in [9.17, 15) is 5.11 Å². The first-order valence-electron chi connectivity index (χ1n) is 7.58. The van der Waals surface area contributed by atoms with Crippen molar-refractivity contribution in [1.82, 2.24) is 10.2 Å². The van der Waals surface area contributed by atoms with Crippen LogP contribution in [0, 0.1) is 19.3 Å². The minimum atomic E-state index is -0.140. The van der Waals surface area contributed by atoms with E-state index in [1.54, 1.807) is 0 Å². The van der Waals surface area contributed by atoms with E-state index < -0.39 is 0 Å². The van der Waals surface area contributed by atoms with Crippen molar-refractivity contribution in [2.45, 2.75) is 33.7 Å². The van der Waals surface area contributed by atoms with Gasteiger partial charge in [-0.15, -0.1) is 12.4 Å². The van der Waals surface area contributed by atoms with Gasteiger partial charge in [0.05, 0.1) is 0 Å². The Bertz CT molecular complexity index is 456. The molecule has 0 spiro atoms. The van der Waals surface area contributed by atoms with E-state index in [2.05, 4.69) is 56.1 Å². The maximum Gasteiger partial charge on any atom is 0.0500 e. The van der Waals surface area contributed by atoms with E-state index in [0.29, 0.717) is 0 Å². The molecule has 2 N–H and O–H groups in total. The lowest BCUT2D eigenvalue weighted by atomic mass is 9.79. The van der Waals surface area contributed by atoms with Crippen LogP contribution in [0.15, 0.2) is 18.2 Å². The number of aliphatic hydroxyl groups is 1. The first-order valence-corrected chi connectivity index (χ1v) is 7.58. The zero-order valence-electron chi connectivity index (χ0n) is 13.6. The van der Waals surface area contributed by atoms with Gasteiger partial charge in [0, 0.05) is 44.2 Å². The third kappa shape index (κ3) is 4.19. The Morgan fingerprint density at radius 3 is 2.33 bits per heavy atom. The quantitative estimate of drug-likeness (QED) is 0.897. The highest BCUT2D eigenvalue weighted by Crippen LogP contribution is 2.38. The van der Waals surface area contributed by atoms with E-state index in [0.717, 1.165) is 26.2 Å². The van der Waals surface area contributed by atoms with E-state index in [1.807, 2.05) is 0 Å². The SMILES string of the molecule is Cc1ccc([C@@H](N2CCNCC2)C(C)(C)CO)cc1C.Cl. The van der Waals surface area contributed by atoms with Crippen LogP contribution in [0.5, 0.6) is 0 Å². The van der Waals surface area contributed by atoms with Crippen LogP contribution in [0.25, 0.3) is 0 Å². The normalized spacial score (nSPS) is 18.1. The first kappa shape index (κ1) is 18.4. The lowest BCUT2D eigenvalue weighted by Gasteiger charge is -2.43. The van der Waals surface area contributed by atoms with Gasteiger partial charge in [-0.1, -0.05) is 32.0 Å². The smallest absolute Gasteiger partial charge is 0.0500 e. The predicted molar refractivity (Wildman–Crippen MR) is 91.2 cm³/mol. The number of benzene rings is 1. The van der Waals surface area contributed by atoms with Crippen LogP contribution in [-0.2, 0) is 0 Å². The lowest BCUT2D eigenvalue weighted by molar-refractivity contribution is 0.0305. The van der Waals surface area contributed by atoms with Crippen molar-refractivity contribution in [1.29, 1.82) is 0 Å². The number of rotatable bonds is 4. The summed E-state index contributed by atoms with van der Waals surface area (Å²) < 4.78 is 0. The predicted octanol–water partition coefficient (Wildman–Crippen LogP) is 2.69. The van der Waals surface area contributed by atoms with Crippen molar-refractivity contribution >= 4 is 12.4 Å². The molecule has 2 rings (SSSR count). The van der Waals surface area contributed by atoms with Crippen molar-refractivity contribution in [3.63, 3.8) is 0 Å². The number of halogens is 1. The summed E-state index contributed by atoms with van der Waals surface area (Å²) in [5.74, 6) is 0. The molecule has 0 bridgehead atoms. The summed E-state index contributed by atoms with van der Waals surface area (Å²) in [4.78, 5) is 2.51. The van der Waals surface area contributed by atoms with Crippen molar-refractivity contribution in [3.8, 4) is 0 Å². The third-order valence-electron chi connectivity index (χ3n) is 4.51. The van der Waals surface area contributed by atoms with Gasteiger partial charge in [0.2, 0.25) is 0 Å². The second-order valence-corrected chi connectivity index (χ2v) is 6.68. The molecule has 21 heavy (non-hydrogen) atoms. The summed E-state index contributed by atoms with van der Waals surface area (Å²) in [5, 5.41) is 13.2. The second-order valence-electron chi connectivity index (χ2n) is 6.68. The summed E-state index contributed by atoms with van der Waals surface area (Å²) >= 11 is 0. The van der Waals surface area contributed by atoms with Crippen LogP contribution in [0.1, 0.15) is 36.6 Å². The minimum Gasteiger partial charge on any atom is -0.396 e. The number of piperazine rings is 1. The van der Waals surface area contributed by atoms with Gasteiger partial charge < -0.3 is 10.4 Å². The summed E-state index contributed by atoms with van der Waals surface area (Å²) in [5.41, 5.74) is 3.85. The van der Waals surface area contributed by atoms with Crippen LogP contribution in [0.2, 0.25) is 0 Å². The Balaban J connectivity index is 0.00000220.